The van der Waals surface area contributed by atoms with E-state index in [-0.39, 0.29) is 22.7 Å². The Hall–Kier alpha value is -2.09. The summed E-state index contributed by atoms with van der Waals surface area (Å²) in [5.74, 6) is -3.31. The quantitative estimate of drug-likeness (QED) is 0.842. The molecule has 27 heavy (non-hydrogen) atoms. The summed E-state index contributed by atoms with van der Waals surface area (Å²) in [6.45, 7) is 5.27. The van der Waals surface area contributed by atoms with E-state index in [1.807, 2.05) is 20.8 Å². The molecule has 0 saturated carbocycles. The topological polar surface area (TPSA) is 61.9 Å². The van der Waals surface area contributed by atoms with Crippen LogP contribution in [-0.2, 0) is 4.74 Å². The molecule has 2 aliphatic rings. The van der Waals surface area contributed by atoms with Gasteiger partial charge >= 0.3 is 6.09 Å². The van der Waals surface area contributed by atoms with Gasteiger partial charge in [0.15, 0.2) is 0 Å². The average molecular weight is 402 g/mol. The lowest BCUT2D eigenvalue weighted by atomic mass is 10.1. The molecule has 1 N–H and O–H groups in total. The maximum absolute atomic E-state index is 12.9. The predicted molar refractivity (Wildman–Crippen MR) is 97.5 cm³/mol. The molecular weight excluding hydrogens is 380 g/mol. The molecule has 2 amide bonds. The minimum absolute atomic E-state index is 0.0456. The van der Waals surface area contributed by atoms with Crippen LogP contribution in [0.25, 0.3) is 0 Å². The Morgan fingerprint density at radius 2 is 1.85 bits per heavy atom. The smallest absolute Gasteiger partial charge is 0.410 e. The van der Waals surface area contributed by atoms with Gasteiger partial charge in [-0.3, -0.25) is 4.79 Å². The van der Waals surface area contributed by atoms with Gasteiger partial charge in [-0.15, -0.1) is 0 Å². The van der Waals surface area contributed by atoms with Gasteiger partial charge in [-0.1, -0.05) is 11.6 Å². The summed E-state index contributed by atoms with van der Waals surface area (Å²) in [6, 6.07) is 4.83. The van der Waals surface area contributed by atoms with Crippen LogP contribution in [0, 0.1) is 0 Å². The van der Waals surface area contributed by atoms with Crippen molar-refractivity contribution in [2.75, 3.05) is 31.5 Å². The fourth-order valence-corrected chi connectivity index (χ4v) is 3.15. The number of alkyl halides is 2. The molecule has 0 radical (unpaired) electrons. The Morgan fingerprint density at radius 3 is 2.37 bits per heavy atom. The zero-order chi connectivity index (χ0) is 20.0. The number of nitrogens with one attached hydrogen (secondary N) is 1. The maximum atomic E-state index is 12.9. The molecule has 0 unspecified atom stereocenters. The van der Waals surface area contributed by atoms with Crippen molar-refractivity contribution in [3.8, 4) is 0 Å². The van der Waals surface area contributed by atoms with E-state index in [0.29, 0.717) is 18.8 Å². The number of likely N-dealkylation sites (tertiary alicyclic amines) is 2. The van der Waals surface area contributed by atoms with Gasteiger partial charge in [-0.25, -0.2) is 13.6 Å². The number of hydrogen-bond donors (Lipinski definition) is 1. The molecule has 0 spiro atoms. The number of halogens is 3. The molecular formula is C18H22ClF2N3O3. The zero-order valence-electron chi connectivity index (χ0n) is 15.4. The summed E-state index contributed by atoms with van der Waals surface area (Å²) >= 11 is 6.16. The van der Waals surface area contributed by atoms with E-state index in [4.69, 9.17) is 16.3 Å². The molecule has 0 aromatic heterocycles. The van der Waals surface area contributed by atoms with Crippen LogP contribution in [0.3, 0.4) is 0 Å². The predicted octanol–water partition coefficient (Wildman–Crippen LogP) is 3.46. The van der Waals surface area contributed by atoms with Crippen molar-refractivity contribution >= 4 is 29.3 Å². The summed E-state index contributed by atoms with van der Waals surface area (Å²) in [7, 11) is 0. The SMILES string of the molecule is CC(C)(C)OC(=O)N1CC(Nc2ccc(C(=O)N3CC(F)(F)C3)c(Cl)c2)C1. The lowest BCUT2D eigenvalue weighted by Gasteiger charge is -2.40. The molecule has 2 saturated heterocycles. The Labute approximate surface area is 161 Å². The lowest BCUT2D eigenvalue weighted by molar-refractivity contribution is -0.113. The minimum Gasteiger partial charge on any atom is -0.444 e. The van der Waals surface area contributed by atoms with Gasteiger partial charge in [0, 0.05) is 18.8 Å². The van der Waals surface area contributed by atoms with Crippen molar-refractivity contribution < 1.29 is 23.1 Å². The average Bonchev–Trinajstić information content (AvgIpc) is 2.45. The number of carbonyl (C=O) groups excluding carboxylic acids is 2. The molecule has 3 rings (SSSR count). The normalized spacial score (nSPS) is 19.2. The number of benzene rings is 1. The van der Waals surface area contributed by atoms with Crippen LogP contribution in [0.4, 0.5) is 19.3 Å². The second-order valence-corrected chi connectivity index (χ2v) is 8.35. The van der Waals surface area contributed by atoms with Gasteiger partial charge in [0.1, 0.15) is 5.60 Å². The standard InChI is InChI=1S/C18H22ClF2N3O3/c1-17(2,3)27-16(26)23-7-12(8-23)22-11-4-5-13(14(19)6-11)15(25)24-9-18(20,21)10-24/h4-6,12,22H,7-10H2,1-3H3. The molecule has 2 heterocycles. The highest BCUT2D eigenvalue weighted by atomic mass is 35.5. The van der Waals surface area contributed by atoms with E-state index >= 15 is 0 Å². The van der Waals surface area contributed by atoms with E-state index < -0.39 is 30.5 Å². The van der Waals surface area contributed by atoms with Crippen molar-refractivity contribution in [1.29, 1.82) is 0 Å². The van der Waals surface area contributed by atoms with E-state index in [0.717, 1.165) is 4.90 Å². The van der Waals surface area contributed by atoms with Gasteiger partial charge in [0.05, 0.1) is 29.7 Å². The minimum atomic E-state index is -2.81. The van der Waals surface area contributed by atoms with E-state index in [1.54, 1.807) is 17.0 Å². The first-order valence-corrected chi connectivity index (χ1v) is 9.02. The molecule has 0 aliphatic carbocycles. The van der Waals surface area contributed by atoms with Crippen molar-refractivity contribution in [2.45, 2.75) is 38.3 Å². The molecule has 1 aromatic rings. The molecule has 1 aromatic carbocycles. The van der Waals surface area contributed by atoms with E-state index in [9.17, 15) is 18.4 Å². The first-order valence-electron chi connectivity index (χ1n) is 8.65. The van der Waals surface area contributed by atoms with Crippen molar-refractivity contribution in [1.82, 2.24) is 9.80 Å². The molecule has 0 atom stereocenters. The molecule has 9 heteroatoms. The van der Waals surface area contributed by atoms with Crippen LogP contribution in [0.1, 0.15) is 31.1 Å². The van der Waals surface area contributed by atoms with Crippen molar-refractivity contribution in [2.24, 2.45) is 0 Å². The van der Waals surface area contributed by atoms with Crippen LogP contribution >= 0.6 is 11.6 Å². The lowest BCUT2D eigenvalue weighted by Crippen LogP contribution is -2.58. The Kier molecular flexibility index (Phi) is 4.96. The third-order valence-corrected chi connectivity index (χ3v) is 4.55. The van der Waals surface area contributed by atoms with Crippen LogP contribution < -0.4 is 5.32 Å². The maximum Gasteiger partial charge on any atom is 0.410 e. The molecule has 2 fully saturated rings. The van der Waals surface area contributed by atoms with Crippen LogP contribution in [0.15, 0.2) is 18.2 Å². The largest absolute Gasteiger partial charge is 0.444 e. The number of hydrogen-bond acceptors (Lipinski definition) is 4. The summed E-state index contributed by atoms with van der Waals surface area (Å²) in [5, 5.41) is 3.42. The third kappa shape index (κ3) is 4.61. The fourth-order valence-electron chi connectivity index (χ4n) is 2.89. The van der Waals surface area contributed by atoms with Gasteiger partial charge in [-0.05, 0) is 39.0 Å². The Balaban J connectivity index is 1.52. The number of rotatable bonds is 3. The number of ether oxygens (including phenoxy) is 1. The summed E-state index contributed by atoms with van der Waals surface area (Å²) < 4.78 is 31.1. The summed E-state index contributed by atoms with van der Waals surface area (Å²) in [5.41, 5.74) is 0.354. The van der Waals surface area contributed by atoms with Gasteiger partial charge < -0.3 is 19.9 Å². The summed E-state index contributed by atoms with van der Waals surface area (Å²) in [6.07, 6.45) is -0.356. The van der Waals surface area contributed by atoms with Crippen LogP contribution in [-0.4, -0.2) is 65.5 Å². The van der Waals surface area contributed by atoms with E-state index in [1.165, 1.54) is 6.07 Å². The fraction of sp³-hybridized carbons (Fsp3) is 0.556. The molecule has 148 valence electrons. The second-order valence-electron chi connectivity index (χ2n) is 7.94. The van der Waals surface area contributed by atoms with Crippen molar-refractivity contribution in [3.05, 3.63) is 28.8 Å². The first-order chi connectivity index (χ1) is 12.4. The van der Waals surface area contributed by atoms with Crippen LogP contribution in [0.2, 0.25) is 5.02 Å². The molecule has 6 nitrogen and oxygen atoms in total. The van der Waals surface area contributed by atoms with Gasteiger partial charge in [0.25, 0.3) is 11.8 Å². The van der Waals surface area contributed by atoms with Gasteiger partial charge in [0.2, 0.25) is 0 Å². The Bertz CT molecular complexity index is 753. The zero-order valence-corrected chi connectivity index (χ0v) is 16.1. The highest BCUT2D eigenvalue weighted by Crippen LogP contribution is 2.31. The monoisotopic (exact) mass is 401 g/mol. The van der Waals surface area contributed by atoms with E-state index in [2.05, 4.69) is 5.32 Å². The first kappa shape index (κ1) is 19.7. The van der Waals surface area contributed by atoms with Gasteiger partial charge in [-0.2, -0.15) is 0 Å². The second kappa shape index (κ2) is 6.82. The Morgan fingerprint density at radius 1 is 1.22 bits per heavy atom. The highest BCUT2D eigenvalue weighted by molar-refractivity contribution is 6.34. The van der Waals surface area contributed by atoms with Crippen LogP contribution in [0.5, 0.6) is 0 Å². The summed E-state index contributed by atoms with van der Waals surface area (Å²) in [4.78, 5) is 26.8. The molecule has 2 aliphatic heterocycles. The number of nitrogens with zero attached hydrogens (tertiary/aromatic N) is 2. The highest BCUT2D eigenvalue weighted by Gasteiger charge is 2.46. The van der Waals surface area contributed by atoms with Crippen molar-refractivity contribution in [3.63, 3.8) is 0 Å². The number of carbonyl (C=O) groups is 2. The molecule has 0 bridgehead atoms. The number of anilines is 1. The third-order valence-electron chi connectivity index (χ3n) is 4.24. The number of amides is 2.